The van der Waals surface area contributed by atoms with Gasteiger partial charge in [0.1, 0.15) is 23.0 Å². The molecule has 0 saturated carbocycles. The molecule has 0 fully saturated rings. The molecule has 2 aromatic heterocycles. The molecular weight excluding hydrogens is 310 g/mol. The Morgan fingerprint density at radius 2 is 1.83 bits per heavy atom. The minimum Gasteiger partial charge on any atom is -0.443 e. The zero-order chi connectivity index (χ0) is 17.5. The van der Waals surface area contributed by atoms with Crippen LogP contribution in [0.3, 0.4) is 0 Å². The van der Waals surface area contributed by atoms with Crippen molar-refractivity contribution in [2.45, 2.75) is 6.92 Å². The van der Waals surface area contributed by atoms with Crippen molar-refractivity contribution in [2.24, 2.45) is 0 Å². The zero-order valence-corrected chi connectivity index (χ0v) is 14.1. The molecule has 1 amide bonds. The lowest BCUT2D eigenvalue weighted by molar-refractivity contribution is 0.0625. The molecule has 0 saturated heterocycles. The zero-order valence-electron chi connectivity index (χ0n) is 14.1. The lowest BCUT2D eigenvalue weighted by Crippen LogP contribution is -2.37. The van der Waals surface area contributed by atoms with Crippen molar-refractivity contribution in [1.82, 2.24) is 9.47 Å². The highest BCUT2D eigenvalue weighted by atomic mass is 16.5. The summed E-state index contributed by atoms with van der Waals surface area (Å²) in [5.41, 5.74) is 0.516. The number of ether oxygens (including phenoxy) is 2. The van der Waals surface area contributed by atoms with Gasteiger partial charge in [-0.15, -0.1) is 0 Å². The van der Waals surface area contributed by atoms with Crippen LogP contribution in [0.4, 0.5) is 0 Å². The molecule has 7 nitrogen and oxygen atoms in total. The van der Waals surface area contributed by atoms with E-state index in [1.807, 2.05) is 12.1 Å². The normalized spacial score (nSPS) is 10.6. The minimum atomic E-state index is -0.264. The van der Waals surface area contributed by atoms with Crippen LogP contribution in [0.25, 0.3) is 5.88 Å². The highest BCUT2D eigenvalue weighted by Gasteiger charge is 2.27. The van der Waals surface area contributed by atoms with Gasteiger partial charge in [0, 0.05) is 39.7 Å². The number of aromatic nitrogens is 1. The Morgan fingerprint density at radius 3 is 2.33 bits per heavy atom. The first kappa shape index (κ1) is 17.8. The molecule has 0 aromatic carbocycles. The van der Waals surface area contributed by atoms with Crippen LogP contribution in [-0.4, -0.2) is 55.9 Å². The van der Waals surface area contributed by atoms with Crippen molar-refractivity contribution < 1.29 is 18.7 Å². The van der Waals surface area contributed by atoms with Crippen molar-refractivity contribution >= 4 is 5.91 Å². The summed E-state index contributed by atoms with van der Waals surface area (Å²) in [4.78, 5) is 14.5. The average molecular weight is 331 g/mol. The Labute approximate surface area is 141 Å². The summed E-state index contributed by atoms with van der Waals surface area (Å²) in [6, 6.07) is 5.74. The third kappa shape index (κ3) is 3.67. The molecule has 0 unspecified atom stereocenters. The SMILES string of the molecule is COCCN(CCOC)C(=O)c1c(C)oc(-n2cccc2)c1C#N. The van der Waals surface area contributed by atoms with E-state index in [1.165, 1.54) is 0 Å². The highest BCUT2D eigenvalue weighted by Crippen LogP contribution is 2.26. The minimum absolute atomic E-state index is 0.230. The van der Waals surface area contributed by atoms with Gasteiger partial charge in [0.2, 0.25) is 5.88 Å². The maximum absolute atomic E-state index is 12.9. The van der Waals surface area contributed by atoms with E-state index < -0.39 is 0 Å². The predicted octanol–water partition coefficient (Wildman–Crippen LogP) is 1.99. The van der Waals surface area contributed by atoms with Gasteiger partial charge in [0.05, 0.1) is 13.2 Å². The van der Waals surface area contributed by atoms with Gasteiger partial charge in [-0.05, 0) is 19.1 Å². The maximum Gasteiger partial charge on any atom is 0.259 e. The van der Waals surface area contributed by atoms with Gasteiger partial charge in [-0.1, -0.05) is 0 Å². The van der Waals surface area contributed by atoms with Crippen LogP contribution in [0.1, 0.15) is 21.7 Å². The van der Waals surface area contributed by atoms with Crippen molar-refractivity contribution in [3.05, 3.63) is 41.4 Å². The Morgan fingerprint density at radius 1 is 1.25 bits per heavy atom. The number of hydrogen-bond donors (Lipinski definition) is 0. The fraction of sp³-hybridized carbons (Fsp3) is 0.412. The van der Waals surface area contributed by atoms with E-state index >= 15 is 0 Å². The van der Waals surface area contributed by atoms with Crippen LogP contribution in [0.2, 0.25) is 0 Å². The fourth-order valence-electron chi connectivity index (χ4n) is 2.42. The van der Waals surface area contributed by atoms with Gasteiger partial charge in [-0.2, -0.15) is 5.26 Å². The number of carbonyl (C=O) groups is 1. The fourth-order valence-corrected chi connectivity index (χ4v) is 2.42. The summed E-state index contributed by atoms with van der Waals surface area (Å²) in [6.07, 6.45) is 3.53. The maximum atomic E-state index is 12.9. The number of carbonyl (C=O) groups excluding carboxylic acids is 1. The summed E-state index contributed by atoms with van der Waals surface area (Å²) in [6.45, 7) is 3.31. The molecule has 0 aliphatic rings. The van der Waals surface area contributed by atoms with Gasteiger partial charge in [-0.25, -0.2) is 0 Å². The molecule has 2 rings (SSSR count). The van der Waals surface area contributed by atoms with Crippen molar-refractivity contribution in [2.75, 3.05) is 40.5 Å². The van der Waals surface area contributed by atoms with E-state index in [-0.39, 0.29) is 17.0 Å². The number of furan rings is 1. The number of aryl methyl sites for hydroxylation is 1. The highest BCUT2D eigenvalue weighted by molar-refractivity contribution is 5.98. The number of hydrogen-bond acceptors (Lipinski definition) is 5. The summed E-state index contributed by atoms with van der Waals surface area (Å²) >= 11 is 0. The summed E-state index contributed by atoms with van der Waals surface area (Å²) in [5.74, 6) is 0.502. The molecule has 2 aromatic rings. The Balaban J connectivity index is 2.38. The van der Waals surface area contributed by atoms with E-state index in [0.29, 0.717) is 37.9 Å². The van der Waals surface area contributed by atoms with E-state index in [0.717, 1.165) is 0 Å². The van der Waals surface area contributed by atoms with Crippen LogP contribution >= 0.6 is 0 Å². The molecule has 0 N–H and O–H groups in total. The second-order valence-corrected chi connectivity index (χ2v) is 5.19. The van der Waals surface area contributed by atoms with Crippen LogP contribution in [0, 0.1) is 18.3 Å². The lowest BCUT2D eigenvalue weighted by atomic mass is 10.1. The van der Waals surface area contributed by atoms with Crippen molar-refractivity contribution in [3.63, 3.8) is 0 Å². The molecule has 7 heteroatoms. The Hall–Kier alpha value is -2.56. The number of nitrogens with zero attached hydrogens (tertiary/aromatic N) is 3. The first-order valence-corrected chi connectivity index (χ1v) is 7.58. The summed E-state index contributed by atoms with van der Waals surface area (Å²) in [5, 5.41) is 9.55. The Kier molecular flexibility index (Phi) is 6.18. The predicted molar refractivity (Wildman–Crippen MR) is 87.1 cm³/mol. The molecule has 24 heavy (non-hydrogen) atoms. The second kappa shape index (κ2) is 8.34. The molecule has 2 heterocycles. The lowest BCUT2D eigenvalue weighted by Gasteiger charge is -2.21. The van der Waals surface area contributed by atoms with E-state index in [4.69, 9.17) is 13.9 Å². The molecule has 0 bridgehead atoms. The standard InChI is InChI=1S/C17H21N3O4/c1-13-15(16(21)19(8-10-22-2)9-11-23-3)14(12-18)17(24-13)20-6-4-5-7-20/h4-7H,8-11H2,1-3H3. The average Bonchev–Trinajstić information content (AvgIpc) is 3.21. The van der Waals surface area contributed by atoms with Gasteiger partial charge >= 0.3 is 0 Å². The third-order valence-electron chi connectivity index (χ3n) is 3.65. The number of methoxy groups -OCH3 is 2. The molecule has 0 radical (unpaired) electrons. The van der Waals surface area contributed by atoms with Gasteiger partial charge in [0.15, 0.2) is 0 Å². The van der Waals surface area contributed by atoms with Gasteiger partial charge in [-0.3, -0.25) is 9.36 Å². The molecule has 0 aliphatic carbocycles. The monoisotopic (exact) mass is 331 g/mol. The van der Waals surface area contributed by atoms with E-state index in [9.17, 15) is 10.1 Å². The summed E-state index contributed by atoms with van der Waals surface area (Å²) < 4.78 is 17.5. The molecule has 0 aliphatic heterocycles. The van der Waals surface area contributed by atoms with E-state index in [1.54, 1.807) is 43.0 Å². The first-order valence-electron chi connectivity index (χ1n) is 7.58. The Bertz CT molecular complexity index is 705. The molecule has 0 atom stereocenters. The molecule has 128 valence electrons. The van der Waals surface area contributed by atoms with E-state index in [2.05, 4.69) is 6.07 Å². The number of nitriles is 1. The number of rotatable bonds is 8. The first-order chi connectivity index (χ1) is 11.6. The van der Waals surface area contributed by atoms with Crippen molar-refractivity contribution in [1.29, 1.82) is 5.26 Å². The summed E-state index contributed by atoms with van der Waals surface area (Å²) in [7, 11) is 3.15. The molecule has 0 spiro atoms. The smallest absolute Gasteiger partial charge is 0.259 e. The van der Waals surface area contributed by atoms with Gasteiger partial charge < -0.3 is 18.8 Å². The third-order valence-corrected chi connectivity index (χ3v) is 3.65. The second-order valence-electron chi connectivity index (χ2n) is 5.19. The van der Waals surface area contributed by atoms with Crippen molar-refractivity contribution in [3.8, 4) is 12.0 Å². The van der Waals surface area contributed by atoms with Crippen LogP contribution in [0.5, 0.6) is 0 Å². The van der Waals surface area contributed by atoms with Gasteiger partial charge in [0.25, 0.3) is 5.91 Å². The topological polar surface area (TPSA) is 80.6 Å². The van der Waals surface area contributed by atoms with Crippen LogP contribution in [0.15, 0.2) is 28.9 Å². The largest absolute Gasteiger partial charge is 0.443 e. The van der Waals surface area contributed by atoms with Crippen LogP contribution in [-0.2, 0) is 9.47 Å². The van der Waals surface area contributed by atoms with Crippen LogP contribution < -0.4 is 0 Å². The molecular formula is C17H21N3O4. The quantitative estimate of drug-likeness (QED) is 0.739. The number of amides is 1.